The monoisotopic (exact) mass is 435 g/mol. The highest BCUT2D eigenvalue weighted by atomic mass is 32.2. The van der Waals surface area contributed by atoms with Crippen LogP contribution in [-0.4, -0.2) is 62.8 Å². The summed E-state index contributed by atoms with van der Waals surface area (Å²) in [4.78, 5) is 15.2. The van der Waals surface area contributed by atoms with Gasteiger partial charge < -0.3 is 10.2 Å². The molecule has 0 atom stereocenters. The number of likely N-dealkylation sites (tertiary alicyclic amines) is 1. The SMILES string of the molecule is CN(C1CCCCC1)S(=O)(=O)c1cccc(C(=O)NCCCN2CCCCCC2)c1. The molecule has 6 nitrogen and oxygen atoms in total. The Morgan fingerprint density at radius 3 is 2.43 bits per heavy atom. The maximum Gasteiger partial charge on any atom is 0.251 e. The Bertz CT molecular complexity index is 783. The number of carbonyl (C=O) groups is 1. The highest BCUT2D eigenvalue weighted by Gasteiger charge is 2.29. The van der Waals surface area contributed by atoms with Gasteiger partial charge in [-0.2, -0.15) is 4.31 Å². The number of amides is 1. The lowest BCUT2D eigenvalue weighted by atomic mass is 9.96. The summed E-state index contributed by atoms with van der Waals surface area (Å²) in [5.41, 5.74) is 0.405. The normalized spacial score (nSPS) is 19.5. The zero-order chi connectivity index (χ0) is 21.4. The molecule has 1 saturated heterocycles. The lowest BCUT2D eigenvalue weighted by Crippen LogP contribution is -2.38. The summed E-state index contributed by atoms with van der Waals surface area (Å²) in [5, 5.41) is 2.95. The summed E-state index contributed by atoms with van der Waals surface area (Å²) in [6.45, 7) is 3.92. The Balaban J connectivity index is 1.54. The van der Waals surface area contributed by atoms with Crippen molar-refractivity contribution in [2.75, 3.05) is 33.2 Å². The molecule has 1 N–H and O–H groups in total. The molecule has 1 aliphatic carbocycles. The second-order valence-corrected chi connectivity index (χ2v) is 10.7. The summed E-state index contributed by atoms with van der Waals surface area (Å²) < 4.78 is 27.6. The van der Waals surface area contributed by atoms with Crippen molar-refractivity contribution in [2.45, 2.75) is 75.1 Å². The van der Waals surface area contributed by atoms with Gasteiger partial charge in [0.15, 0.2) is 0 Å². The van der Waals surface area contributed by atoms with Gasteiger partial charge in [-0.25, -0.2) is 8.42 Å². The molecule has 0 bridgehead atoms. The van der Waals surface area contributed by atoms with Crippen LogP contribution in [-0.2, 0) is 10.0 Å². The predicted molar refractivity (Wildman–Crippen MR) is 120 cm³/mol. The highest BCUT2D eigenvalue weighted by Crippen LogP contribution is 2.26. The third-order valence-corrected chi connectivity index (χ3v) is 8.40. The van der Waals surface area contributed by atoms with Crippen molar-refractivity contribution in [3.8, 4) is 0 Å². The van der Waals surface area contributed by atoms with Crippen LogP contribution in [0.25, 0.3) is 0 Å². The Labute approximate surface area is 182 Å². The molecule has 1 aliphatic heterocycles. The van der Waals surface area contributed by atoms with Gasteiger partial charge in [-0.3, -0.25) is 4.79 Å². The number of sulfonamides is 1. The maximum atomic E-state index is 13.1. The van der Waals surface area contributed by atoms with Crippen molar-refractivity contribution in [1.29, 1.82) is 0 Å². The van der Waals surface area contributed by atoms with Crippen molar-refractivity contribution in [3.63, 3.8) is 0 Å². The zero-order valence-corrected chi connectivity index (χ0v) is 19.1. The number of nitrogens with zero attached hydrogens (tertiary/aromatic N) is 2. The van der Waals surface area contributed by atoms with Gasteiger partial charge in [-0.05, 0) is 69.9 Å². The standard InChI is InChI=1S/C23H37N3O3S/c1-25(21-12-5-4-6-13-21)30(28,29)22-14-9-11-20(19-22)23(27)24-15-10-18-26-16-7-2-3-8-17-26/h9,11,14,19,21H,2-8,10,12-13,15-18H2,1H3,(H,24,27). The third-order valence-electron chi connectivity index (χ3n) is 6.50. The first-order valence-electron chi connectivity index (χ1n) is 11.6. The Kier molecular flexibility index (Phi) is 8.72. The molecule has 7 heteroatoms. The minimum atomic E-state index is -3.59. The molecule has 0 spiro atoms. The van der Waals surface area contributed by atoms with Gasteiger partial charge in [-0.1, -0.05) is 38.2 Å². The zero-order valence-electron chi connectivity index (χ0n) is 18.3. The van der Waals surface area contributed by atoms with Crippen LogP contribution in [0, 0.1) is 0 Å². The topological polar surface area (TPSA) is 69.7 Å². The van der Waals surface area contributed by atoms with E-state index in [0.29, 0.717) is 12.1 Å². The van der Waals surface area contributed by atoms with E-state index in [4.69, 9.17) is 0 Å². The van der Waals surface area contributed by atoms with Gasteiger partial charge in [0.2, 0.25) is 10.0 Å². The highest BCUT2D eigenvalue weighted by molar-refractivity contribution is 7.89. The molecular formula is C23H37N3O3S. The van der Waals surface area contributed by atoms with E-state index in [1.807, 2.05) is 0 Å². The van der Waals surface area contributed by atoms with Crippen LogP contribution >= 0.6 is 0 Å². The summed E-state index contributed by atoms with van der Waals surface area (Å²) in [6, 6.07) is 6.50. The molecular weight excluding hydrogens is 398 g/mol. The second-order valence-electron chi connectivity index (χ2n) is 8.71. The molecule has 0 radical (unpaired) electrons. The van der Waals surface area contributed by atoms with Gasteiger partial charge in [0.1, 0.15) is 0 Å². The third kappa shape index (κ3) is 6.28. The van der Waals surface area contributed by atoms with Crippen molar-refractivity contribution >= 4 is 15.9 Å². The number of hydrogen-bond donors (Lipinski definition) is 1. The molecule has 1 saturated carbocycles. The van der Waals surface area contributed by atoms with E-state index < -0.39 is 10.0 Å². The number of nitrogens with one attached hydrogen (secondary N) is 1. The van der Waals surface area contributed by atoms with E-state index >= 15 is 0 Å². The lowest BCUT2D eigenvalue weighted by Gasteiger charge is -2.30. The molecule has 2 fully saturated rings. The van der Waals surface area contributed by atoms with Crippen molar-refractivity contribution in [2.24, 2.45) is 0 Å². The molecule has 0 unspecified atom stereocenters. The van der Waals surface area contributed by atoms with Crippen molar-refractivity contribution in [1.82, 2.24) is 14.5 Å². The first-order valence-corrected chi connectivity index (χ1v) is 13.0. The second kappa shape index (κ2) is 11.3. The van der Waals surface area contributed by atoms with E-state index in [1.54, 1.807) is 25.2 Å². The fourth-order valence-corrected chi connectivity index (χ4v) is 6.03. The Morgan fingerprint density at radius 1 is 1.07 bits per heavy atom. The van der Waals surface area contributed by atoms with E-state index in [9.17, 15) is 13.2 Å². The average Bonchev–Trinajstić information content (AvgIpc) is 3.05. The van der Waals surface area contributed by atoms with Gasteiger partial charge in [0.25, 0.3) is 5.91 Å². The minimum Gasteiger partial charge on any atom is -0.352 e. The maximum absolute atomic E-state index is 13.1. The smallest absolute Gasteiger partial charge is 0.251 e. The number of benzene rings is 1. The molecule has 1 heterocycles. The van der Waals surface area contributed by atoms with Crippen LogP contribution in [0.3, 0.4) is 0 Å². The van der Waals surface area contributed by atoms with E-state index in [0.717, 1.165) is 51.7 Å². The average molecular weight is 436 g/mol. The Hall–Kier alpha value is -1.44. The summed E-state index contributed by atoms with van der Waals surface area (Å²) >= 11 is 0. The largest absolute Gasteiger partial charge is 0.352 e. The Morgan fingerprint density at radius 2 is 1.73 bits per heavy atom. The van der Waals surface area contributed by atoms with Crippen LogP contribution in [0.4, 0.5) is 0 Å². The van der Waals surface area contributed by atoms with Crippen LogP contribution in [0.2, 0.25) is 0 Å². The quantitative estimate of drug-likeness (QED) is 0.633. The number of carbonyl (C=O) groups excluding carboxylic acids is 1. The van der Waals surface area contributed by atoms with E-state index in [1.165, 1.54) is 42.5 Å². The molecule has 3 rings (SSSR count). The summed E-state index contributed by atoms with van der Waals surface area (Å²) in [7, 11) is -1.92. The van der Waals surface area contributed by atoms with Crippen molar-refractivity contribution in [3.05, 3.63) is 29.8 Å². The van der Waals surface area contributed by atoms with Crippen LogP contribution in [0.1, 0.15) is 74.6 Å². The van der Waals surface area contributed by atoms with Crippen LogP contribution in [0.5, 0.6) is 0 Å². The fourth-order valence-electron chi connectivity index (χ4n) is 4.57. The molecule has 1 amide bonds. The van der Waals surface area contributed by atoms with E-state index in [-0.39, 0.29) is 16.8 Å². The first kappa shape index (κ1) is 23.2. The number of hydrogen-bond acceptors (Lipinski definition) is 4. The molecule has 1 aromatic carbocycles. The molecule has 1 aromatic rings. The molecule has 2 aliphatic rings. The first-order chi connectivity index (χ1) is 14.5. The molecule has 0 aromatic heterocycles. The number of rotatable bonds is 8. The van der Waals surface area contributed by atoms with Gasteiger partial charge in [0.05, 0.1) is 4.90 Å². The van der Waals surface area contributed by atoms with Crippen LogP contribution in [0.15, 0.2) is 29.2 Å². The van der Waals surface area contributed by atoms with Gasteiger partial charge in [0, 0.05) is 25.2 Å². The molecule has 168 valence electrons. The molecule has 30 heavy (non-hydrogen) atoms. The van der Waals surface area contributed by atoms with Crippen molar-refractivity contribution < 1.29 is 13.2 Å². The van der Waals surface area contributed by atoms with Crippen LogP contribution < -0.4 is 5.32 Å². The van der Waals surface area contributed by atoms with Gasteiger partial charge >= 0.3 is 0 Å². The summed E-state index contributed by atoms with van der Waals surface area (Å²) in [5.74, 6) is -0.205. The van der Waals surface area contributed by atoms with E-state index in [2.05, 4.69) is 10.2 Å². The minimum absolute atomic E-state index is 0.0558. The summed E-state index contributed by atoms with van der Waals surface area (Å²) in [6.07, 6.45) is 11.2. The predicted octanol–water partition coefficient (Wildman–Crippen LogP) is 3.64. The van der Waals surface area contributed by atoms with Gasteiger partial charge in [-0.15, -0.1) is 0 Å². The lowest BCUT2D eigenvalue weighted by molar-refractivity contribution is 0.0951. The fraction of sp³-hybridized carbons (Fsp3) is 0.696.